The minimum absolute atomic E-state index is 0.161. The van der Waals surface area contributed by atoms with Crippen molar-refractivity contribution in [3.63, 3.8) is 0 Å². The van der Waals surface area contributed by atoms with E-state index >= 15 is 0 Å². The summed E-state index contributed by atoms with van der Waals surface area (Å²) >= 11 is 3.41. The van der Waals surface area contributed by atoms with Gasteiger partial charge in [0.05, 0.1) is 22.2 Å². The van der Waals surface area contributed by atoms with Gasteiger partial charge in [-0.3, -0.25) is 4.79 Å². The maximum atomic E-state index is 12.4. The van der Waals surface area contributed by atoms with Crippen LogP contribution in [-0.4, -0.2) is 36.2 Å². The van der Waals surface area contributed by atoms with E-state index in [4.69, 9.17) is 9.15 Å². The van der Waals surface area contributed by atoms with Gasteiger partial charge in [-0.2, -0.15) is 0 Å². The number of nitrogens with one attached hydrogen (secondary N) is 1. The quantitative estimate of drug-likeness (QED) is 0.816. The highest BCUT2D eigenvalue weighted by molar-refractivity contribution is 9.10. The summed E-state index contributed by atoms with van der Waals surface area (Å²) in [6, 6.07) is 3.99. The Labute approximate surface area is 162 Å². The van der Waals surface area contributed by atoms with Crippen LogP contribution in [0.1, 0.15) is 41.3 Å². The minimum atomic E-state index is -0.161. The molecule has 1 saturated heterocycles. The molecular formula is C19H24BrN3O3. The van der Waals surface area contributed by atoms with Crippen LogP contribution >= 0.6 is 15.9 Å². The highest BCUT2D eigenvalue weighted by Gasteiger charge is 2.23. The largest absolute Gasteiger partial charge is 0.465 e. The van der Waals surface area contributed by atoms with E-state index in [2.05, 4.69) is 45.0 Å². The van der Waals surface area contributed by atoms with Crippen molar-refractivity contribution in [1.82, 2.24) is 10.3 Å². The Bertz CT molecular complexity index is 778. The molecule has 26 heavy (non-hydrogen) atoms. The molecule has 1 fully saturated rings. The van der Waals surface area contributed by atoms with E-state index in [1.807, 2.05) is 25.3 Å². The van der Waals surface area contributed by atoms with Crippen LogP contribution in [0.25, 0.3) is 0 Å². The number of halogens is 1. The highest BCUT2D eigenvalue weighted by Crippen LogP contribution is 2.27. The summed E-state index contributed by atoms with van der Waals surface area (Å²) in [6.07, 6.45) is 2.20. The molecule has 6 nitrogen and oxygen atoms in total. The van der Waals surface area contributed by atoms with Gasteiger partial charge in [-0.05, 0) is 55.3 Å². The molecule has 2 unspecified atom stereocenters. The molecule has 0 aromatic carbocycles. The monoisotopic (exact) mass is 421 g/mol. The number of anilines is 1. The van der Waals surface area contributed by atoms with Gasteiger partial charge in [0.15, 0.2) is 0 Å². The number of aromatic nitrogens is 1. The number of morpholine rings is 1. The molecule has 0 aliphatic carbocycles. The molecule has 1 amide bonds. The summed E-state index contributed by atoms with van der Waals surface area (Å²) in [5, 5.41) is 2.92. The third-order valence-corrected chi connectivity index (χ3v) is 5.37. The van der Waals surface area contributed by atoms with Crippen LogP contribution in [0.4, 0.5) is 5.82 Å². The van der Waals surface area contributed by atoms with Gasteiger partial charge in [0.2, 0.25) is 0 Å². The molecule has 0 saturated carbocycles. The smallest absolute Gasteiger partial charge is 0.256 e. The molecule has 1 aliphatic heterocycles. The molecule has 3 heterocycles. The molecule has 0 radical (unpaired) electrons. The van der Waals surface area contributed by atoms with Gasteiger partial charge in [-0.15, -0.1) is 0 Å². The van der Waals surface area contributed by atoms with Crippen LogP contribution in [0.5, 0.6) is 0 Å². The van der Waals surface area contributed by atoms with E-state index < -0.39 is 0 Å². The Hall–Kier alpha value is -1.86. The fourth-order valence-corrected chi connectivity index (χ4v) is 3.80. The number of hydrogen-bond acceptors (Lipinski definition) is 5. The number of nitrogens with zero attached hydrogens (tertiary/aromatic N) is 2. The molecule has 2 aromatic heterocycles. The van der Waals surface area contributed by atoms with Gasteiger partial charge >= 0.3 is 0 Å². The number of aryl methyl sites for hydroxylation is 2. The molecule has 1 aliphatic rings. The second-order valence-corrected chi connectivity index (χ2v) is 7.57. The molecule has 3 rings (SSSR count). The average Bonchev–Trinajstić information content (AvgIpc) is 2.84. The van der Waals surface area contributed by atoms with Gasteiger partial charge in [-0.1, -0.05) is 6.07 Å². The van der Waals surface area contributed by atoms with E-state index in [0.717, 1.165) is 24.5 Å². The average molecular weight is 422 g/mol. The Morgan fingerprint density at radius 3 is 2.50 bits per heavy atom. The lowest BCUT2D eigenvalue weighted by atomic mass is 10.2. The van der Waals surface area contributed by atoms with Crippen molar-refractivity contribution in [2.75, 3.05) is 18.0 Å². The third-order valence-electron chi connectivity index (χ3n) is 4.42. The molecule has 7 heteroatoms. The lowest BCUT2D eigenvalue weighted by molar-refractivity contribution is -0.00546. The normalized spacial score (nSPS) is 20.3. The van der Waals surface area contributed by atoms with E-state index in [0.29, 0.717) is 28.1 Å². The molecule has 1 N–H and O–H groups in total. The molecule has 0 spiro atoms. The fraction of sp³-hybridized carbons (Fsp3) is 0.474. The molecule has 0 bridgehead atoms. The zero-order valence-corrected chi connectivity index (χ0v) is 17.1. The number of ether oxygens (including phenoxy) is 1. The Balaban J connectivity index is 1.62. The van der Waals surface area contributed by atoms with E-state index in [9.17, 15) is 4.79 Å². The Morgan fingerprint density at radius 1 is 1.27 bits per heavy atom. The number of furan rings is 1. The summed E-state index contributed by atoms with van der Waals surface area (Å²) in [7, 11) is 0. The maximum Gasteiger partial charge on any atom is 0.256 e. The molecule has 2 atom stereocenters. The van der Waals surface area contributed by atoms with Crippen molar-refractivity contribution in [2.24, 2.45) is 0 Å². The van der Waals surface area contributed by atoms with Crippen molar-refractivity contribution < 1.29 is 13.9 Å². The van der Waals surface area contributed by atoms with Crippen molar-refractivity contribution in [1.29, 1.82) is 0 Å². The second kappa shape index (κ2) is 7.80. The first-order chi connectivity index (χ1) is 12.3. The summed E-state index contributed by atoms with van der Waals surface area (Å²) in [4.78, 5) is 19.2. The summed E-state index contributed by atoms with van der Waals surface area (Å²) in [6.45, 7) is 9.84. The molecule has 2 aromatic rings. The minimum Gasteiger partial charge on any atom is -0.465 e. The molecule has 140 valence electrons. The van der Waals surface area contributed by atoms with Crippen molar-refractivity contribution in [2.45, 2.75) is 46.4 Å². The maximum absolute atomic E-state index is 12.4. The first kappa shape index (κ1) is 18.9. The lowest BCUT2D eigenvalue weighted by Crippen LogP contribution is -2.45. The zero-order chi connectivity index (χ0) is 18.8. The third kappa shape index (κ3) is 4.10. The van der Waals surface area contributed by atoms with Gasteiger partial charge in [0.1, 0.15) is 17.3 Å². The van der Waals surface area contributed by atoms with Gasteiger partial charge in [0, 0.05) is 25.8 Å². The fourth-order valence-electron chi connectivity index (χ4n) is 3.26. The van der Waals surface area contributed by atoms with E-state index in [-0.39, 0.29) is 18.1 Å². The van der Waals surface area contributed by atoms with E-state index in [1.165, 1.54) is 0 Å². The lowest BCUT2D eigenvalue weighted by Gasteiger charge is -2.36. The van der Waals surface area contributed by atoms with Gasteiger partial charge < -0.3 is 19.4 Å². The SMILES string of the molecule is Cc1oc(C)c(C(=O)NCc2ccc(N3CC(C)OC(C)C3)nc2)c1Br. The van der Waals surface area contributed by atoms with Crippen molar-refractivity contribution >= 4 is 27.7 Å². The van der Waals surface area contributed by atoms with Crippen molar-refractivity contribution in [3.05, 3.63) is 45.4 Å². The van der Waals surface area contributed by atoms with Crippen LogP contribution in [0, 0.1) is 13.8 Å². The predicted molar refractivity (Wildman–Crippen MR) is 104 cm³/mol. The first-order valence-electron chi connectivity index (χ1n) is 8.74. The standard InChI is InChI=1S/C19H24BrN3O3/c1-11-9-23(10-12(2)25-11)16-6-5-15(7-21-16)8-22-19(24)17-13(3)26-14(4)18(17)20/h5-7,11-12H,8-10H2,1-4H3,(H,22,24). The number of carbonyl (C=O) groups is 1. The van der Waals surface area contributed by atoms with Crippen molar-refractivity contribution in [3.8, 4) is 0 Å². The van der Waals surface area contributed by atoms with Crippen LogP contribution in [0.3, 0.4) is 0 Å². The van der Waals surface area contributed by atoms with Crippen LogP contribution < -0.4 is 10.2 Å². The number of amides is 1. The summed E-state index contributed by atoms with van der Waals surface area (Å²) in [5.41, 5.74) is 1.49. The zero-order valence-electron chi connectivity index (χ0n) is 15.5. The van der Waals surface area contributed by atoms with Crippen LogP contribution in [-0.2, 0) is 11.3 Å². The number of pyridine rings is 1. The Kier molecular flexibility index (Phi) is 5.67. The topological polar surface area (TPSA) is 67.6 Å². The number of hydrogen-bond donors (Lipinski definition) is 1. The molecular weight excluding hydrogens is 398 g/mol. The van der Waals surface area contributed by atoms with Gasteiger partial charge in [-0.25, -0.2) is 4.98 Å². The summed E-state index contributed by atoms with van der Waals surface area (Å²) < 4.78 is 11.9. The summed E-state index contributed by atoms with van der Waals surface area (Å²) in [5.74, 6) is 2.08. The number of carbonyl (C=O) groups excluding carboxylic acids is 1. The second-order valence-electron chi connectivity index (χ2n) is 6.77. The van der Waals surface area contributed by atoms with E-state index in [1.54, 1.807) is 6.92 Å². The first-order valence-corrected chi connectivity index (χ1v) is 9.53. The number of rotatable bonds is 4. The predicted octanol–water partition coefficient (Wildman–Crippen LogP) is 3.60. The van der Waals surface area contributed by atoms with Gasteiger partial charge in [0.25, 0.3) is 5.91 Å². The van der Waals surface area contributed by atoms with Crippen LogP contribution in [0.15, 0.2) is 27.2 Å². The van der Waals surface area contributed by atoms with Crippen LogP contribution in [0.2, 0.25) is 0 Å². The highest BCUT2D eigenvalue weighted by atomic mass is 79.9. The Morgan fingerprint density at radius 2 is 1.96 bits per heavy atom.